The number of amides is 1. The Balaban J connectivity index is 1.64. The average molecular weight is 244 g/mol. The molecule has 1 aliphatic heterocycles. The highest BCUT2D eigenvalue weighted by Crippen LogP contribution is 2.30. The van der Waals surface area contributed by atoms with Crippen LogP contribution in [-0.4, -0.2) is 24.0 Å². The number of carbonyl (C=O) groups excluding carboxylic acids is 1. The minimum Gasteiger partial charge on any atom is -0.348 e. The molecule has 1 heterocycles. The van der Waals surface area contributed by atoms with E-state index < -0.39 is 0 Å². The second kappa shape index (κ2) is 4.73. The van der Waals surface area contributed by atoms with E-state index >= 15 is 0 Å². The molecule has 0 radical (unpaired) electrons. The first-order valence-electron chi connectivity index (χ1n) is 6.87. The van der Waals surface area contributed by atoms with Gasteiger partial charge in [-0.15, -0.1) is 0 Å². The number of carbonyl (C=O) groups is 1. The number of rotatable bonds is 2. The lowest BCUT2D eigenvalue weighted by Gasteiger charge is -2.38. The summed E-state index contributed by atoms with van der Waals surface area (Å²) in [5.74, 6) is 0.173. The van der Waals surface area contributed by atoms with Crippen molar-refractivity contribution in [2.24, 2.45) is 0 Å². The maximum absolute atomic E-state index is 12.2. The smallest absolute Gasteiger partial charge is 0.237 e. The fourth-order valence-electron chi connectivity index (χ4n) is 3.17. The molecule has 1 amide bonds. The molecule has 1 atom stereocenters. The van der Waals surface area contributed by atoms with Crippen LogP contribution in [0.25, 0.3) is 0 Å². The number of nitrogens with one attached hydrogen (secondary N) is 2. The largest absolute Gasteiger partial charge is 0.348 e. The third kappa shape index (κ3) is 2.27. The first kappa shape index (κ1) is 11.7. The van der Waals surface area contributed by atoms with Gasteiger partial charge in [-0.05, 0) is 24.8 Å². The van der Waals surface area contributed by atoms with Crippen molar-refractivity contribution in [1.82, 2.24) is 10.6 Å². The van der Waals surface area contributed by atoms with E-state index in [1.165, 1.54) is 18.4 Å². The molecule has 1 aromatic carbocycles. The van der Waals surface area contributed by atoms with Crippen molar-refractivity contribution in [1.29, 1.82) is 0 Å². The van der Waals surface area contributed by atoms with Gasteiger partial charge in [0.25, 0.3) is 0 Å². The molecule has 2 N–H and O–H groups in total. The summed E-state index contributed by atoms with van der Waals surface area (Å²) in [4.78, 5) is 12.2. The summed E-state index contributed by atoms with van der Waals surface area (Å²) in [6.45, 7) is 0.927. The summed E-state index contributed by atoms with van der Waals surface area (Å²) < 4.78 is 0. The van der Waals surface area contributed by atoms with Crippen molar-refractivity contribution in [2.45, 2.75) is 43.7 Å². The summed E-state index contributed by atoms with van der Waals surface area (Å²) in [5.41, 5.74) is 1.28. The molecule has 0 aromatic heterocycles. The Kier molecular flexibility index (Phi) is 3.08. The Morgan fingerprint density at radius 2 is 1.89 bits per heavy atom. The van der Waals surface area contributed by atoms with Crippen molar-refractivity contribution in [3.8, 4) is 0 Å². The van der Waals surface area contributed by atoms with Crippen molar-refractivity contribution in [2.75, 3.05) is 6.54 Å². The van der Waals surface area contributed by atoms with Gasteiger partial charge in [0.05, 0.1) is 11.6 Å². The van der Waals surface area contributed by atoms with Gasteiger partial charge in [-0.25, -0.2) is 0 Å². The van der Waals surface area contributed by atoms with Crippen LogP contribution in [0.15, 0.2) is 30.3 Å². The zero-order chi connectivity index (χ0) is 12.4. The highest BCUT2D eigenvalue weighted by atomic mass is 16.2. The van der Waals surface area contributed by atoms with Crippen molar-refractivity contribution in [3.63, 3.8) is 0 Å². The standard InChI is InChI=1S/C15H20N2O/c18-14-13(10-12-6-2-1-3-7-12)16-11-15(17-14)8-4-5-9-15/h1-3,6-7,13,16H,4-5,8-11H2,(H,17,18). The molecule has 96 valence electrons. The average Bonchev–Trinajstić information content (AvgIpc) is 2.83. The van der Waals surface area contributed by atoms with Crippen LogP contribution in [0.3, 0.4) is 0 Å². The Morgan fingerprint density at radius 3 is 2.56 bits per heavy atom. The first-order valence-corrected chi connectivity index (χ1v) is 6.87. The minimum absolute atomic E-state index is 0.0598. The van der Waals surface area contributed by atoms with Gasteiger partial charge in [-0.2, -0.15) is 0 Å². The Bertz CT molecular complexity index is 423. The van der Waals surface area contributed by atoms with E-state index in [-0.39, 0.29) is 17.5 Å². The minimum atomic E-state index is -0.0707. The Labute approximate surface area is 108 Å². The molecular weight excluding hydrogens is 224 g/mol. The van der Waals surface area contributed by atoms with Gasteiger partial charge < -0.3 is 10.6 Å². The first-order chi connectivity index (χ1) is 8.77. The molecule has 1 aromatic rings. The van der Waals surface area contributed by atoms with Crippen LogP contribution < -0.4 is 10.6 Å². The van der Waals surface area contributed by atoms with E-state index in [1.54, 1.807) is 0 Å². The van der Waals surface area contributed by atoms with E-state index in [1.807, 2.05) is 18.2 Å². The van der Waals surface area contributed by atoms with Crippen LogP contribution in [0.4, 0.5) is 0 Å². The third-order valence-electron chi connectivity index (χ3n) is 4.24. The second-order valence-corrected chi connectivity index (χ2v) is 5.60. The fraction of sp³-hybridized carbons (Fsp3) is 0.533. The second-order valence-electron chi connectivity index (χ2n) is 5.60. The maximum atomic E-state index is 12.2. The van der Waals surface area contributed by atoms with Gasteiger partial charge in [-0.3, -0.25) is 4.79 Å². The van der Waals surface area contributed by atoms with E-state index in [0.717, 1.165) is 25.8 Å². The van der Waals surface area contributed by atoms with Crippen LogP contribution in [0.2, 0.25) is 0 Å². The molecule has 2 aliphatic rings. The Morgan fingerprint density at radius 1 is 1.17 bits per heavy atom. The highest BCUT2D eigenvalue weighted by Gasteiger charge is 2.40. The quantitative estimate of drug-likeness (QED) is 0.830. The van der Waals surface area contributed by atoms with Crippen LogP contribution >= 0.6 is 0 Å². The van der Waals surface area contributed by atoms with Gasteiger partial charge in [0, 0.05) is 6.54 Å². The number of hydrogen-bond acceptors (Lipinski definition) is 2. The zero-order valence-electron chi connectivity index (χ0n) is 10.6. The number of hydrogen-bond donors (Lipinski definition) is 2. The molecule has 0 bridgehead atoms. The van der Waals surface area contributed by atoms with Gasteiger partial charge in [0.15, 0.2) is 0 Å². The molecule has 18 heavy (non-hydrogen) atoms. The Hall–Kier alpha value is -1.35. The number of benzene rings is 1. The van der Waals surface area contributed by atoms with Gasteiger partial charge in [-0.1, -0.05) is 43.2 Å². The van der Waals surface area contributed by atoms with Crippen LogP contribution in [0.1, 0.15) is 31.2 Å². The molecule has 1 saturated heterocycles. The van der Waals surface area contributed by atoms with Gasteiger partial charge >= 0.3 is 0 Å². The van der Waals surface area contributed by atoms with E-state index in [4.69, 9.17) is 0 Å². The molecule has 3 heteroatoms. The van der Waals surface area contributed by atoms with Crippen molar-refractivity contribution >= 4 is 5.91 Å². The molecule has 1 aliphatic carbocycles. The highest BCUT2D eigenvalue weighted by molar-refractivity contribution is 5.83. The monoisotopic (exact) mass is 244 g/mol. The van der Waals surface area contributed by atoms with E-state index in [2.05, 4.69) is 22.8 Å². The van der Waals surface area contributed by atoms with Crippen LogP contribution in [0.5, 0.6) is 0 Å². The molecule has 3 rings (SSSR count). The van der Waals surface area contributed by atoms with Crippen molar-refractivity contribution < 1.29 is 4.79 Å². The maximum Gasteiger partial charge on any atom is 0.237 e. The van der Waals surface area contributed by atoms with Crippen molar-refractivity contribution in [3.05, 3.63) is 35.9 Å². The fourth-order valence-corrected chi connectivity index (χ4v) is 3.17. The predicted molar refractivity (Wildman–Crippen MR) is 71.3 cm³/mol. The van der Waals surface area contributed by atoms with Crippen LogP contribution in [-0.2, 0) is 11.2 Å². The summed E-state index contributed by atoms with van der Waals surface area (Å²) >= 11 is 0. The molecule has 3 nitrogen and oxygen atoms in total. The summed E-state index contributed by atoms with van der Waals surface area (Å²) in [5, 5.41) is 6.70. The third-order valence-corrected chi connectivity index (χ3v) is 4.24. The molecule has 1 spiro atoms. The van der Waals surface area contributed by atoms with Gasteiger partial charge in [0.1, 0.15) is 0 Å². The molecule has 1 saturated carbocycles. The predicted octanol–water partition coefficient (Wildman–Crippen LogP) is 1.63. The molecule has 2 fully saturated rings. The lowest BCUT2D eigenvalue weighted by atomic mass is 9.92. The SMILES string of the molecule is O=C1NC2(CCCC2)CNC1Cc1ccccc1. The number of piperazine rings is 1. The van der Waals surface area contributed by atoms with Gasteiger partial charge in [0.2, 0.25) is 5.91 Å². The summed E-state index contributed by atoms with van der Waals surface area (Å²) in [7, 11) is 0. The molecular formula is C15H20N2O. The lowest BCUT2D eigenvalue weighted by Crippen LogP contribution is -2.65. The van der Waals surface area contributed by atoms with E-state index in [9.17, 15) is 4.79 Å². The van der Waals surface area contributed by atoms with E-state index in [0.29, 0.717) is 0 Å². The molecule has 1 unspecified atom stereocenters. The summed E-state index contributed by atoms with van der Waals surface area (Å²) in [6, 6.07) is 10.1. The zero-order valence-corrected chi connectivity index (χ0v) is 10.6. The van der Waals surface area contributed by atoms with Crippen LogP contribution in [0, 0.1) is 0 Å². The normalized spacial score (nSPS) is 26.2. The lowest BCUT2D eigenvalue weighted by molar-refractivity contribution is -0.127. The summed E-state index contributed by atoms with van der Waals surface area (Å²) in [6.07, 6.45) is 5.52. The topological polar surface area (TPSA) is 41.1 Å².